The van der Waals surface area contributed by atoms with Crippen LogP contribution < -0.4 is 5.73 Å². The molecule has 2 aliphatic heterocycles. The fourth-order valence-corrected chi connectivity index (χ4v) is 4.78. The molecule has 0 aromatic carbocycles. The standard InChI is InChI=1S/C19H36N4O/c1-21-9-7-17(8-10-21)22-11-13-23(14-12-22)19(24)18(20)15-16-5-3-2-4-6-16/h16-18H,2-15,20H2,1H3/t18-/m1/s1. The van der Waals surface area contributed by atoms with E-state index >= 15 is 0 Å². The Labute approximate surface area is 147 Å². The number of piperidine rings is 1. The highest BCUT2D eigenvalue weighted by Gasteiger charge is 2.30. The number of hydrogen-bond donors (Lipinski definition) is 1. The second-order valence-corrected chi connectivity index (χ2v) is 8.24. The molecule has 3 rings (SSSR count). The van der Waals surface area contributed by atoms with Gasteiger partial charge < -0.3 is 15.5 Å². The third-order valence-electron chi connectivity index (χ3n) is 6.46. The zero-order valence-corrected chi connectivity index (χ0v) is 15.5. The summed E-state index contributed by atoms with van der Waals surface area (Å²) in [6.45, 7) is 6.19. The molecule has 0 radical (unpaired) electrons. The average molecular weight is 337 g/mol. The van der Waals surface area contributed by atoms with E-state index in [4.69, 9.17) is 5.73 Å². The molecular weight excluding hydrogens is 300 g/mol. The van der Waals surface area contributed by atoms with Crippen molar-refractivity contribution in [2.75, 3.05) is 46.3 Å². The molecule has 2 heterocycles. The van der Waals surface area contributed by atoms with Crippen LogP contribution in [-0.4, -0.2) is 79.0 Å². The van der Waals surface area contributed by atoms with Crippen molar-refractivity contribution in [3.63, 3.8) is 0 Å². The Morgan fingerprint density at radius 1 is 0.958 bits per heavy atom. The number of hydrogen-bond acceptors (Lipinski definition) is 4. The van der Waals surface area contributed by atoms with Crippen LogP contribution in [0, 0.1) is 5.92 Å². The van der Waals surface area contributed by atoms with E-state index < -0.39 is 0 Å². The van der Waals surface area contributed by atoms with Crippen molar-refractivity contribution in [1.29, 1.82) is 0 Å². The van der Waals surface area contributed by atoms with E-state index in [-0.39, 0.29) is 11.9 Å². The summed E-state index contributed by atoms with van der Waals surface area (Å²) >= 11 is 0. The summed E-state index contributed by atoms with van der Waals surface area (Å²) in [5.41, 5.74) is 6.26. The Balaban J connectivity index is 1.41. The van der Waals surface area contributed by atoms with E-state index in [9.17, 15) is 4.79 Å². The van der Waals surface area contributed by atoms with Crippen LogP contribution in [0.15, 0.2) is 0 Å². The number of carbonyl (C=O) groups excluding carboxylic acids is 1. The minimum Gasteiger partial charge on any atom is -0.339 e. The van der Waals surface area contributed by atoms with Gasteiger partial charge in [-0.3, -0.25) is 9.69 Å². The van der Waals surface area contributed by atoms with Crippen LogP contribution in [0.2, 0.25) is 0 Å². The molecule has 3 aliphatic rings. The summed E-state index contributed by atoms with van der Waals surface area (Å²) in [6, 6.07) is 0.442. The quantitative estimate of drug-likeness (QED) is 0.846. The minimum absolute atomic E-state index is 0.198. The molecule has 24 heavy (non-hydrogen) atoms. The molecule has 5 heteroatoms. The van der Waals surface area contributed by atoms with Gasteiger partial charge >= 0.3 is 0 Å². The van der Waals surface area contributed by atoms with Crippen molar-refractivity contribution < 1.29 is 4.79 Å². The molecular formula is C19H36N4O. The molecule has 1 aliphatic carbocycles. The number of nitrogens with zero attached hydrogens (tertiary/aromatic N) is 3. The van der Waals surface area contributed by atoms with Crippen molar-refractivity contribution in [3.05, 3.63) is 0 Å². The molecule has 1 atom stereocenters. The summed E-state index contributed by atoms with van der Waals surface area (Å²) < 4.78 is 0. The molecule has 2 saturated heterocycles. The van der Waals surface area contributed by atoms with Crippen LogP contribution in [0.1, 0.15) is 51.4 Å². The van der Waals surface area contributed by atoms with Crippen molar-refractivity contribution in [2.45, 2.75) is 63.5 Å². The number of piperazine rings is 1. The van der Waals surface area contributed by atoms with Crippen molar-refractivity contribution in [2.24, 2.45) is 11.7 Å². The Kier molecular flexibility index (Phi) is 6.53. The number of amides is 1. The lowest BCUT2D eigenvalue weighted by Gasteiger charge is -2.42. The zero-order chi connectivity index (χ0) is 16.9. The molecule has 0 unspecified atom stereocenters. The molecule has 1 amide bonds. The van der Waals surface area contributed by atoms with Crippen molar-refractivity contribution in [3.8, 4) is 0 Å². The van der Waals surface area contributed by atoms with Crippen LogP contribution in [0.5, 0.6) is 0 Å². The maximum absolute atomic E-state index is 12.7. The van der Waals surface area contributed by atoms with Gasteiger partial charge in [-0.1, -0.05) is 32.1 Å². The summed E-state index contributed by atoms with van der Waals surface area (Å²) in [7, 11) is 2.21. The number of likely N-dealkylation sites (tertiary alicyclic amines) is 1. The molecule has 0 bridgehead atoms. The second-order valence-electron chi connectivity index (χ2n) is 8.24. The summed E-state index contributed by atoms with van der Waals surface area (Å²) in [5.74, 6) is 0.877. The zero-order valence-electron chi connectivity index (χ0n) is 15.5. The first-order valence-corrected chi connectivity index (χ1v) is 10.1. The first-order valence-electron chi connectivity index (χ1n) is 10.1. The van der Waals surface area contributed by atoms with Gasteiger partial charge in [0.05, 0.1) is 6.04 Å². The van der Waals surface area contributed by atoms with E-state index in [1.807, 2.05) is 4.90 Å². The molecule has 0 aromatic heterocycles. The predicted octanol–water partition coefficient (Wildman–Crippen LogP) is 1.52. The molecule has 0 aromatic rings. The Bertz CT molecular complexity index is 394. The second kappa shape index (κ2) is 8.63. The fourth-order valence-electron chi connectivity index (χ4n) is 4.78. The van der Waals surface area contributed by atoms with Gasteiger partial charge in [0.2, 0.25) is 5.91 Å². The van der Waals surface area contributed by atoms with Gasteiger partial charge in [0.25, 0.3) is 0 Å². The molecule has 0 spiro atoms. The van der Waals surface area contributed by atoms with Gasteiger partial charge in [0, 0.05) is 32.2 Å². The van der Waals surface area contributed by atoms with Crippen LogP contribution in [-0.2, 0) is 4.79 Å². The molecule has 138 valence electrons. The predicted molar refractivity (Wildman–Crippen MR) is 97.8 cm³/mol. The van der Waals surface area contributed by atoms with Crippen LogP contribution in [0.4, 0.5) is 0 Å². The Hall–Kier alpha value is -0.650. The van der Waals surface area contributed by atoms with E-state index in [0.717, 1.165) is 38.6 Å². The maximum Gasteiger partial charge on any atom is 0.239 e. The summed E-state index contributed by atoms with van der Waals surface area (Å²) in [5, 5.41) is 0. The molecule has 2 N–H and O–H groups in total. The normalized spacial score (nSPS) is 27.3. The van der Waals surface area contributed by atoms with E-state index in [1.54, 1.807) is 0 Å². The van der Waals surface area contributed by atoms with Crippen LogP contribution >= 0.6 is 0 Å². The monoisotopic (exact) mass is 336 g/mol. The van der Waals surface area contributed by atoms with Gasteiger partial charge in [0.15, 0.2) is 0 Å². The van der Waals surface area contributed by atoms with E-state index in [2.05, 4.69) is 16.8 Å². The SMILES string of the molecule is CN1CCC(N2CCN(C(=O)[C@H](N)CC3CCCCC3)CC2)CC1. The third kappa shape index (κ3) is 4.70. The van der Waals surface area contributed by atoms with Gasteiger partial charge in [-0.25, -0.2) is 0 Å². The van der Waals surface area contributed by atoms with Crippen LogP contribution in [0.25, 0.3) is 0 Å². The average Bonchev–Trinajstić information content (AvgIpc) is 2.63. The minimum atomic E-state index is -0.275. The number of rotatable bonds is 4. The topological polar surface area (TPSA) is 52.8 Å². The maximum atomic E-state index is 12.7. The molecule has 3 fully saturated rings. The van der Waals surface area contributed by atoms with Crippen molar-refractivity contribution in [1.82, 2.24) is 14.7 Å². The highest BCUT2D eigenvalue weighted by atomic mass is 16.2. The summed E-state index contributed by atoms with van der Waals surface area (Å²) in [6.07, 6.45) is 9.97. The Morgan fingerprint density at radius 3 is 2.21 bits per heavy atom. The number of nitrogens with two attached hydrogens (primary N) is 1. The lowest BCUT2D eigenvalue weighted by molar-refractivity contribution is -0.135. The van der Waals surface area contributed by atoms with Gasteiger partial charge in [0.1, 0.15) is 0 Å². The first kappa shape index (κ1) is 18.2. The first-order chi connectivity index (χ1) is 11.6. The lowest BCUT2D eigenvalue weighted by Crippen LogP contribution is -2.56. The van der Waals surface area contributed by atoms with Gasteiger partial charge in [-0.2, -0.15) is 0 Å². The third-order valence-corrected chi connectivity index (χ3v) is 6.46. The largest absolute Gasteiger partial charge is 0.339 e. The molecule has 5 nitrogen and oxygen atoms in total. The fraction of sp³-hybridized carbons (Fsp3) is 0.947. The Morgan fingerprint density at radius 2 is 1.58 bits per heavy atom. The number of carbonyl (C=O) groups is 1. The van der Waals surface area contributed by atoms with Crippen LogP contribution in [0.3, 0.4) is 0 Å². The van der Waals surface area contributed by atoms with Gasteiger partial charge in [-0.05, 0) is 45.3 Å². The molecule has 1 saturated carbocycles. The highest BCUT2D eigenvalue weighted by Crippen LogP contribution is 2.27. The summed E-state index contributed by atoms with van der Waals surface area (Å²) in [4.78, 5) is 19.7. The van der Waals surface area contributed by atoms with Crippen molar-refractivity contribution >= 4 is 5.91 Å². The van der Waals surface area contributed by atoms with E-state index in [0.29, 0.717) is 5.92 Å². The smallest absolute Gasteiger partial charge is 0.239 e. The van der Waals surface area contributed by atoms with Gasteiger partial charge in [-0.15, -0.1) is 0 Å². The highest BCUT2D eigenvalue weighted by molar-refractivity contribution is 5.81. The van der Waals surface area contributed by atoms with E-state index in [1.165, 1.54) is 58.0 Å². The lowest BCUT2D eigenvalue weighted by atomic mass is 9.84.